The van der Waals surface area contributed by atoms with E-state index < -0.39 is 22.8 Å². The van der Waals surface area contributed by atoms with Crippen LogP contribution >= 0.6 is 0 Å². The van der Waals surface area contributed by atoms with E-state index in [1.807, 2.05) is 0 Å². The summed E-state index contributed by atoms with van der Waals surface area (Å²) < 4.78 is 37.5. The number of nitrogens with zero attached hydrogens (tertiary/aromatic N) is 1. The van der Waals surface area contributed by atoms with E-state index in [1.54, 1.807) is 0 Å². The highest BCUT2D eigenvalue weighted by Crippen LogP contribution is 2.32. The molecule has 0 aliphatic heterocycles. The average molecular weight is 217 g/mol. The van der Waals surface area contributed by atoms with E-state index in [2.05, 4.69) is 15.0 Å². The minimum absolute atomic E-state index is 0.0473. The summed E-state index contributed by atoms with van der Waals surface area (Å²) in [7, 11) is 0. The molecule has 0 bridgehead atoms. The molecule has 7 heteroatoms. The van der Waals surface area contributed by atoms with Crippen LogP contribution in [0.1, 0.15) is 11.4 Å². The van der Waals surface area contributed by atoms with Crippen molar-refractivity contribution in [2.45, 2.75) is 13.1 Å². The Morgan fingerprint density at radius 3 is 2.67 bits per heavy atom. The number of hydrogen-bond donors (Lipinski definition) is 2. The van der Waals surface area contributed by atoms with Gasteiger partial charge in [-0.15, -0.1) is 0 Å². The van der Waals surface area contributed by atoms with Gasteiger partial charge in [0.2, 0.25) is 0 Å². The molecular weight excluding hydrogens is 211 g/mol. The fraction of sp³-hybridized carbons (Fsp3) is 0.250. The third-order valence-electron chi connectivity index (χ3n) is 2.05. The third-order valence-corrected chi connectivity index (χ3v) is 2.05. The minimum Gasteiger partial charge on any atom is -0.353 e. The van der Waals surface area contributed by atoms with Gasteiger partial charge in [-0.1, -0.05) is 0 Å². The predicted octanol–water partition coefficient (Wildman–Crippen LogP) is 1.58. The standard InChI is InChI=1S/C8H6F3N3O/c1-3-5-4(7(15)13-2-12-5)6(14-3)8(9,10)11/h2,14H,1H3,(H,12,13,15). The SMILES string of the molecule is Cc1[nH]c(C(F)(F)F)c2c(=O)[nH]cnc12. The van der Waals surface area contributed by atoms with Gasteiger partial charge < -0.3 is 9.97 Å². The molecule has 0 radical (unpaired) electrons. The molecule has 0 aromatic carbocycles. The first-order valence-electron chi connectivity index (χ1n) is 4.04. The molecule has 0 saturated heterocycles. The van der Waals surface area contributed by atoms with E-state index in [9.17, 15) is 18.0 Å². The molecule has 0 unspecified atom stereocenters. The van der Waals surface area contributed by atoms with Crippen LogP contribution in [0.2, 0.25) is 0 Å². The Bertz CT molecular complexity index is 566. The Morgan fingerprint density at radius 2 is 2.07 bits per heavy atom. The topological polar surface area (TPSA) is 61.5 Å². The first-order valence-corrected chi connectivity index (χ1v) is 4.04. The lowest BCUT2D eigenvalue weighted by molar-refractivity contribution is -0.139. The second-order valence-electron chi connectivity index (χ2n) is 3.08. The lowest BCUT2D eigenvalue weighted by Gasteiger charge is -2.02. The van der Waals surface area contributed by atoms with Crippen LogP contribution in [0, 0.1) is 6.92 Å². The fourth-order valence-corrected chi connectivity index (χ4v) is 1.44. The predicted molar refractivity (Wildman–Crippen MR) is 46.5 cm³/mol. The molecule has 15 heavy (non-hydrogen) atoms. The monoisotopic (exact) mass is 217 g/mol. The highest BCUT2D eigenvalue weighted by Gasteiger charge is 2.36. The number of aromatic nitrogens is 3. The van der Waals surface area contributed by atoms with Crippen LogP contribution < -0.4 is 5.56 Å². The van der Waals surface area contributed by atoms with Crippen molar-refractivity contribution in [2.24, 2.45) is 0 Å². The summed E-state index contributed by atoms with van der Waals surface area (Å²) in [6.07, 6.45) is -3.51. The first kappa shape index (κ1) is 9.75. The van der Waals surface area contributed by atoms with Crippen LogP contribution in [0.25, 0.3) is 10.9 Å². The number of fused-ring (bicyclic) bond motifs is 1. The summed E-state index contributed by atoms with van der Waals surface area (Å²) in [5, 5.41) is -0.442. The Morgan fingerprint density at radius 1 is 1.40 bits per heavy atom. The van der Waals surface area contributed by atoms with E-state index in [0.29, 0.717) is 0 Å². The second kappa shape index (κ2) is 2.85. The van der Waals surface area contributed by atoms with Crippen molar-refractivity contribution in [3.63, 3.8) is 0 Å². The van der Waals surface area contributed by atoms with E-state index >= 15 is 0 Å². The van der Waals surface area contributed by atoms with Crippen LogP contribution in [0.15, 0.2) is 11.1 Å². The van der Waals surface area contributed by atoms with Crippen LogP contribution in [0.3, 0.4) is 0 Å². The summed E-state index contributed by atoms with van der Waals surface area (Å²) in [6, 6.07) is 0. The highest BCUT2D eigenvalue weighted by atomic mass is 19.4. The van der Waals surface area contributed by atoms with Gasteiger partial charge in [0.05, 0.1) is 17.2 Å². The molecule has 2 heterocycles. The third kappa shape index (κ3) is 1.39. The highest BCUT2D eigenvalue weighted by molar-refractivity contribution is 5.83. The smallest absolute Gasteiger partial charge is 0.353 e. The molecule has 2 N–H and O–H groups in total. The van der Waals surface area contributed by atoms with Crippen LogP contribution in [0.4, 0.5) is 13.2 Å². The minimum atomic E-state index is -4.58. The van der Waals surface area contributed by atoms with Gasteiger partial charge in [0, 0.05) is 5.69 Å². The normalized spacial score (nSPS) is 12.3. The fourth-order valence-electron chi connectivity index (χ4n) is 1.44. The summed E-state index contributed by atoms with van der Waals surface area (Å²) >= 11 is 0. The quantitative estimate of drug-likeness (QED) is 0.703. The van der Waals surface area contributed by atoms with Gasteiger partial charge in [0.25, 0.3) is 5.56 Å². The molecule has 2 aromatic heterocycles. The largest absolute Gasteiger partial charge is 0.432 e. The number of alkyl halides is 3. The van der Waals surface area contributed by atoms with Gasteiger partial charge in [0.1, 0.15) is 5.69 Å². The van der Waals surface area contributed by atoms with Crippen LogP contribution in [-0.2, 0) is 6.18 Å². The molecule has 2 aromatic rings. The number of aromatic amines is 2. The zero-order chi connectivity index (χ0) is 11.2. The molecule has 0 spiro atoms. The number of H-pyrrole nitrogens is 2. The summed E-state index contributed by atoms with van der Waals surface area (Å²) in [4.78, 5) is 19.2. The Balaban J connectivity index is 2.94. The van der Waals surface area contributed by atoms with Crippen molar-refractivity contribution in [3.8, 4) is 0 Å². The van der Waals surface area contributed by atoms with E-state index in [1.165, 1.54) is 6.92 Å². The number of rotatable bonds is 0. The molecule has 0 saturated carbocycles. The maximum Gasteiger partial charge on any atom is 0.432 e. The Hall–Kier alpha value is -1.79. The Labute approximate surface area is 81.1 Å². The summed E-state index contributed by atoms with van der Waals surface area (Å²) in [5.41, 5.74) is -1.57. The molecule has 2 rings (SSSR count). The molecule has 4 nitrogen and oxygen atoms in total. The molecule has 0 amide bonds. The van der Waals surface area contributed by atoms with Gasteiger partial charge in [-0.25, -0.2) is 4.98 Å². The van der Waals surface area contributed by atoms with Gasteiger partial charge in [-0.05, 0) is 6.92 Å². The molecule has 0 fully saturated rings. The van der Waals surface area contributed by atoms with Gasteiger partial charge in [-0.2, -0.15) is 13.2 Å². The van der Waals surface area contributed by atoms with Crippen molar-refractivity contribution in [2.75, 3.05) is 0 Å². The average Bonchev–Trinajstić information content (AvgIpc) is 2.45. The zero-order valence-corrected chi connectivity index (χ0v) is 7.57. The summed E-state index contributed by atoms with van der Waals surface area (Å²) in [6.45, 7) is 1.43. The molecule has 0 aliphatic carbocycles. The second-order valence-corrected chi connectivity index (χ2v) is 3.08. The lowest BCUT2D eigenvalue weighted by atomic mass is 10.2. The first-order chi connectivity index (χ1) is 6.91. The molecule has 80 valence electrons. The van der Waals surface area contributed by atoms with E-state index in [0.717, 1.165) is 6.33 Å². The van der Waals surface area contributed by atoms with Crippen LogP contribution in [0.5, 0.6) is 0 Å². The Kier molecular flexibility index (Phi) is 1.85. The van der Waals surface area contributed by atoms with Crippen molar-refractivity contribution >= 4 is 10.9 Å². The number of hydrogen-bond acceptors (Lipinski definition) is 2. The number of aryl methyl sites for hydroxylation is 1. The van der Waals surface area contributed by atoms with Crippen LogP contribution in [-0.4, -0.2) is 15.0 Å². The van der Waals surface area contributed by atoms with Crippen molar-refractivity contribution < 1.29 is 13.2 Å². The number of nitrogens with one attached hydrogen (secondary N) is 2. The van der Waals surface area contributed by atoms with E-state index in [4.69, 9.17) is 0 Å². The van der Waals surface area contributed by atoms with Crippen molar-refractivity contribution in [3.05, 3.63) is 28.1 Å². The molecule has 0 aliphatic rings. The lowest BCUT2D eigenvalue weighted by Crippen LogP contribution is -2.13. The molecular formula is C8H6F3N3O. The number of halogens is 3. The maximum absolute atomic E-state index is 12.5. The molecule has 0 atom stereocenters. The van der Waals surface area contributed by atoms with E-state index in [-0.39, 0.29) is 11.2 Å². The summed E-state index contributed by atoms with van der Waals surface area (Å²) in [5.74, 6) is 0. The van der Waals surface area contributed by atoms with Crippen molar-refractivity contribution in [1.29, 1.82) is 0 Å². The van der Waals surface area contributed by atoms with Crippen molar-refractivity contribution in [1.82, 2.24) is 15.0 Å². The zero-order valence-electron chi connectivity index (χ0n) is 7.57. The van der Waals surface area contributed by atoms with Gasteiger partial charge >= 0.3 is 6.18 Å². The maximum atomic E-state index is 12.5. The van der Waals surface area contributed by atoms with Gasteiger partial charge in [0.15, 0.2) is 0 Å². The van der Waals surface area contributed by atoms with Gasteiger partial charge in [-0.3, -0.25) is 4.79 Å².